The molecule has 23 heavy (non-hydrogen) atoms. The summed E-state index contributed by atoms with van der Waals surface area (Å²) in [5.74, 6) is -0.781. The van der Waals surface area contributed by atoms with Gasteiger partial charge in [-0.3, -0.25) is 5.10 Å². The van der Waals surface area contributed by atoms with Crippen molar-refractivity contribution in [3.8, 4) is 0 Å². The SMILES string of the molecule is C[C@H](C1CCCCC1)N(C)C(=O)NCc1nc(C(F)(F)F)n[nH]1. The van der Waals surface area contributed by atoms with E-state index in [0.717, 1.165) is 12.8 Å². The Morgan fingerprint density at radius 1 is 1.39 bits per heavy atom. The van der Waals surface area contributed by atoms with Crippen LogP contribution in [0.2, 0.25) is 0 Å². The minimum Gasteiger partial charge on any atom is -0.331 e. The number of hydrogen-bond donors (Lipinski definition) is 2. The first-order chi connectivity index (χ1) is 10.8. The van der Waals surface area contributed by atoms with Crippen LogP contribution in [0.25, 0.3) is 0 Å². The lowest BCUT2D eigenvalue weighted by Gasteiger charge is -2.34. The molecule has 1 aliphatic carbocycles. The Morgan fingerprint density at radius 3 is 2.61 bits per heavy atom. The van der Waals surface area contributed by atoms with Crippen LogP contribution < -0.4 is 5.32 Å². The first-order valence-corrected chi connectivity index (χ1v) is 7.78. The van der Waals surface area contributed by atoms with Gasteiger partial charge < -0.3 is 10.2 Å². The Morgan fingerprint density at radius 2 is 2.04 bits per heavy atom. The van der Waals surface area contributed by atoms with Crippen LogP contribution in [0.15, 0.2) is 0 Å². The van der Waals surface area contributed by atoms with Crippen LogP contribution in [-0.2, 0) is 12.7 Å². The van der Waals surface area contributed by atoms with E-state index in [1.165, 1.54) is 19.3 Å². The van der Waals surface area contributed by atoms with Gasteiger partial charge in [-0.25, -0.2) is 9.78 Å². The zero-order valence-corrected chi connectivity index (χ0v) is 13.3. The van der Waals surface area contributed by atoms with Gasteiger partial charge in [-0.2, -0.15) is 13.2 Å². The molecule has 0 saturated heterocycles. The number of H-pyrrole nitrogens is 1. The summed E-state index contributed by atoms with van der Waals surface area (Å²) in [7, 11) is 1.70. The summed E-state index contributed by atoms with van der Waals surface area (Å²) in [6.07, 6.45) is 1.23. The summed E-state index contributed by atoms with van der Waals surface area (Å²) >= 11 is 0. The molecular formula is C14H22F3N5O. The van der Waals surface area contributed by atoms with Crippen molar-refractivity contribution in [2.45, 2.75) is 57.8 Å². The fourth-order valence-electron chi connectivity index (χ4n) is 2.90. The highest BCUT2D eigenvalue weighted by molar-refractivity contribution is 5.74. The number of hydrogen-bond acceptors (Lipinski definition) is 3. The third-order valence-corrected chi connectivity index (χ3v) is 4.46. The molecule has 1 aliphatic rings. The van der Waals surface area contributed by atoms with Crippen LogP contribution >= 0.6 is 0 Å². The largest absolute Gasteiger partial charge is 0.453 e. The normalized spacial score (nSPS) is 17.8. The number of carbonyl (C=O) groups excluding carboxylic acids is 1. The van der Waals surface area contributed by atoms with E-state index in [1.54, 1.807) is 11.9 Å². The van der Waals surface area contributed by atoms with Crippen molar-refractivity contribution < 1.29 is 18.0 Å². The minimum absolute atomic E-state index is 0.0237. The van der Waals surface area contributed by atoms with E-state index in [2.05, 4.69) is 20.5 Å². The lowest BCUT2D eigenvalue weighted by Crippen LogP contribution is -2.45. The molecule has 0 spiro atoms. The quantitative estimate of drug-likeness (QED) is 0.890. The van der Waals surface area contributed by atoms with Crippen molar-refractivity contribution in [3.05, 3.63) is 11.6 Å². The summed E-state index contributed by atoms with van der Waals surface area (Å²) in [6.45, 7) is 1.88. The monoisotopic (exact) mass is 333 g/mol. The number of rotatable bonds is 4. The predicted molar refractivity (Wildman–Crippen MR) is 77.4 cm³/mol. The van der Waals surface area contributed by atoms with Gasteiger partial charge in [0, 0.05) is 13.1 Å². The van der Waals surface area contributed by atoms with Crippen LogP contribution in [0.3, 0.4) is 0 Å². The van der Waals surface area contributed by atoms with Crippen molar-refractivity contribution >= 4 is 6.03 Å². The number of amides is 2. The van der Waals surface area contributed by atoms with E-state index in [0.29, 0.717) is 5.92 Å². The molecule has 0 radical (unpaired) electrons. The van der Waals surface area contributed by atoms with Crippen LogP contribution in [-0.4, -0.2) is 39.2 Å². The Bertz CT molecular complexity index is 525. The van der Waals surface area contributed by atoms with E-state index in [1.807, 2.05) is 6.92 Å². The lowest BCUT2D eigenvalue weighted by molar-refractivity contribution is -0.144. The smallest absolute Gasteiger partial charge is 0.331 e. The fourth-order valence-corrected chi connectivity index (χ4v) is 2.90. The highest BCUT2D eigenvalue weighted by Gasteiger charge is 2.36. The van der Waals surface area contributed by atoms with E-state index in [-0.39, 0.29) is 24.4 Å². The van der Waals surface area contributed by atoms with E-state index < -0.39 is 12.0 Å². The Hall–Kier alpha value is -1.80. The maximum absolute atomic E-state index is 12.4. The molecule has 2 rings (SSSR count). The zero-order valence-electron chi connectivity index (χ0n) is 13.3. The van der Waals surface area contributed by atoms with Crippen LogP contribution in [0.1, 0.15) is 50.7 Å². The highest BCUT2D eigenvalue weighted by Crippen LogP contribution is 2.28. The molecule has 0 bridgehead atoms. The minimum atomic E-state index is -4.59. The lowest BCUT2D eigenvalue weighted by atomic mass is 9.84. The second-order valence-corrected chi connectivity index (χ2v) is 6.01. The number of halogens is 3. The molecule has 1 fully saturated rings. The number of aromatic nitrogens is 3. The molecule has 0 aliphatic heterocycles. The maximum Gasteiger partial charge on any atom is 0.453 e. The molecule has 6 nitrogen and oxygen atoms in total. The summed E-state index contributed by atoms with van der Waals surface area (Å²) in [4.78, 5) is 17.1. The Labute approximate surface area is 132 Å². The van der Waals surface area contributed by atoms with Gasteiger partial charge >= 0.3 is 12.2 Å². The van der Waals surface area contributed by atoms with Gasteiger partial charge in [0.25, 0.3) is 5.82 Å². The second kappa shape index (κ2) is 7.18. The van der Waals surface area contributed by atoms with Gasteiger partial charge in [0.1, 0.15) is 5.82 Å². The standard InChI is InChI=1S/C14H22F3N5O/c1-9(10-6-4-3-5-7-10)22(2)13(23)18-8-11-19-12(21-20-11)14(15,16)17/h9-10H,3-8H2,1-2H3,(H,18,23)(H,19,20,21)/t9-/m1/s1. The van der Waals surface area contributed by atoms with Crippen molar-refractivity contribution in [3.63, 3.8) is 0 Å². The summed E-state index contributed by atoms with van der Waals surface area (Å²) in [5.41, 5.74) is 0. The molecule has 0 aromatic carbocycles. The summed E-state index contributed by atoms with van der Waals surface area (Å²) < 4.78 is 37.2. The van der Waals surface area contributed by atoms with Gasteiger partial charge in [0.05, 0.1) is 6.54 Å². The molecule has 1 atom stereocenters. The Balaban J connectivity index is 1.84. The number of alkyl halides is 3. The molecule has 130 valence electrons. The number of urea groups is 1. The molecule has 9 heteroatoms. The fraction of sp³-hybridized carbons (Fsp3) is 0.786. The molecule has 2 N–H and O–H groups in total. The van der Waals surface area contributed by atoms with Crippen LogP contribution in [0.5, 0.6) is 0 Å². The topological polar surface area (TPSA) is 73.9 Å². The van der Waals surface area contributed by atoms with Gasteiger partial charge in [-0.1, -0.05) is 19.3 Å². The third kappa shape index (κ3) is 4.59. The van der Waals surface area contributed by atoms with E-state index in [9.17, 15) is 18.0 Å². The molecule has 2 amide bonds. The van der Waals surface area contributed by atoms with Gasteiger partial charge in [0.2, 0.25) is 0 Å². The van der Waals surface area contributed by atoms with Crippen molar-refractivity contribution in [2.75, 3.05) is 7.05 Å². The number of aromatic amines is 1. The van der Waals surface area contributed by atoms with Gasteiger partial charge in [-0.15, -0.1) is 5.10 Å². The predicted octanol–water partition coefficient (Wildman–Crippen LogP) is 2.93. The molecular weight excluding hydrogens is 311 g/mol. The molecule has 1 saturated carbocycles. The highest BCUT2D eigenvalue weighted by atomic mass is 19.4. The summed E-state index contributed by atoms with van der Waals surface area (Å²) in [6, 6.07) is -0.233. The molecule has 1 aromatic rings. The molecule has 0 unspecified atom stereocenters. The zero-order chi connectivity index (χ0) is 17.0. The third-order valence-electron chi connectivity index (χ3n) is 4.46. The summed E-state index contributed by atoms with van der Waals surface area (Å²) in [5, 5.41) is 7.85. The Kier molecular flexibility index (Phi) is 5.48. The average Bonchev–Trinajstić information content (AvgIpc) is 3.01. The first kappa shape index (κ1) is 17.6. The van der Waals surface area contributed by atoms with E-state index >= 15 is 0 Å². The van der Waals surface area contributed by atoms with E-state index in [4.69, 9.17) is 0 Å². The van der Waals surface area contributed by atoms with Crippen molar-refractivity contribution in [1.82, 2.24) is 25.4 Å². The first-order valence-electron chi connectivity index (χ1n) is 7.78. The molecule has 1 heterocycles. The average molecular weight is 333 g/mol. The second-order valence-electron chi connectivity index (χ2n) is 6.01. The van der Waals surface area contributed by atoms with Crippen molar-refractivity contribution in [1.29, 1.82) is 0 Å². The molecule has 1 aromatic heterocycles. The number of nitrogens with one attached hydrogen (secondary N) is 2. The van der Waals surface area contributed by atoms with Crippen LogP contribution in [0.4, 0.5) is 18.0 Å². The van der Waals surface area contributed by atoms with Crippen molar-refractivity contribution in [2.24, 2.45) is 5.92 Å². The van der Waals surface area contributed by atoms with Gasteiger partial charge in [-0.05, 0) is 25.7 Å². The maximum atomic E-state index is 12.4. The number of carbonyl (C=O) groups is 1. The van der Waals surface area contributed by atoms with Gasteiger partial charge in [0.15, 0.2) is 0 Å². The number of nitrogens with zero attached hydrogens (tertiary/aromatic N) is 3. The van der Waals surface area contributed by atoms with Crippen LogP contribution in [0, 0.1) is 5.92 Å².